The number of nitrogens with zero attached hydrogens (tertiary/aromatic N) is 2. The van der Waals surface area contributed by atoms with Gasteiger partial charge in [0.1, 0.15) is 0 Å². The van der Waals surface area contributed by atoms with E-state index < -0.39 is 5.97 Å². The lowest BCUT2D eigenvalue weighted by Gasteiger charge is -2.17. The summed E-state index contributed by atoms with van der Waals surface area (Å²) in [6, 6.07) is 22.7. The number of aryl methyl sites for hydroxylation is 2. The number of carbonyl (C=O) groups is 1. The highest BCUT2D eigenvalue weighted by molar-refractivity contribution is 5.96. The molecule has 29 heavy (non-hydrogen) atoms. The minimum Gasteiger partial charge on any atom is -0.545 e. The summed E-state index contributed by atoms with van der Waals surface area (Å²) in [5.74, 6) is -0.441. The van der Waals surface area contributed by atoms with Crippen LogP contribution in [-0.4, -0.2) is 15.7 Å². The molecular weight excluding hydrogens is 362 g/mol. The van der Waals surface area contributed by atoms with Gasteiger partial charge in [0.15, 0.2) is 5.82 Å². The SMILES string of the molecule is Cc1cc(Nc2ccn(-c3ccccc3)n2)cc(C)c1-c1ccccc1C(=O)[O-]. The van der Waals surface area contributed by atoms with Gasteiger partial charge in [0.2, 0.25) is 0 Å². The quantitative estimate of drug-likeness (QED) is 0.560. The van der Waals surface area contributed by atoms with Crippen molar-refractivity contribution in [2.75, 3.05) is 5.32 Å². The molecule has 0 radical (unpaired) electrons. The fourth-order valence-electron chi connectivity index (χ4n) is 3.60. The molecule has 0 saturated heterocycles. The zero-order chi connectivity index (χ0) is 20.4. The lowest BCUT2D eigenvalue weighted by atomic mass is 9.92. The highest BCUT2D eigenvalue weighted by Crippen LogP contribution is 2.33. The first-order valence-electron chi connectivity index (χ1n) is 9.33. The van der Waals surface area contributed by atoms with E-state index in [-0.39, 0.29) is 5.56 Å². The highest BCUT2D eigenvalue weighted by atomic mass is 16.4. The topological polar surface area (TPSA) is 70.0 Å². The van der Waals surface area contributed by atoms with E-state index in [2.05, 4.69) is 10.4 Å². The second-order valence-electron chi connectivity index (χ2n) is 6.92. The Morgan fingerprint density at radius 1 is 0.931 bits per heavy atom. The number of para-hydroxylation sites is 1. The fourth-order valence-corrected chi connectivity index (χ4v) is 3.60. The number of anilines is 2. The molecule has 0 unspecified atom stereocenters. The maximum Gasteiger partial charge on any atom is 0.152 e. The third-order valence-corrected chi connectivity index (χ3v) is 4.83. The third-order valence-electron chi connectivity index (χ3n) is 4.83. The summed E-state index contributed by atoms with van der Waals surface area (Å²) in [6.07, 6.45) is 1.90. The largest absolute Gasteiger partial charge is 0.545 e. The van der Waals surface area contributed by atoms with Crippen LogP contribution in [0.1, 0.15) is 21.5 Å². The molecule has 144 valence electrons. The van der Waals surface area contributed by atoms with Crippen molar-refractivity contribution in [1.29, 1.82) is 0 Å². The van der Waals surface area contributed by atoms with Crippen LogP contribution in [0.5, 0.6) is 0 Å². The van der Waals surface area contributed by atoms with Crippen LogP contribution >= 0.6 is 0 Å². The molecule has 5 nitrogen and oxygen atoms in total. The predicted octanol–water partition coefficient (Wildman–Crippen LogP) is 4.26. The molecule has 0 aliphatic heterocycles. The molecule has 1 aromatic heterocycles. The number of carbonyl (C=O) groups excluding carboxylic acids is 1. The van der Waals surface area contributed by atoms with Crippen molar-refractivity contribution < 1.29 is 9.90 Å². The van der Waals surface area contributed by atoms with Crippen molar-refractivity contribution in [3.8, 4) is 16.8 Å². The van der Waals surface area contributed by atoms with Gasteiger partial charge in [0, 0.05) is 23.5 Å². The molecule has 4 rings (SSSR count). The summed E-state index contributed by atoms with van der Waals surface area (Å²) in [5, 5.41) is 19.4. The zero-order valence-electron chi connectivity index (χ0n) is 16.2. The lowest BCUT2D eigenvalue weighted by Crippen LogP contribution is -2.23. The van der Waals surface area contributed by atoms with Gasteiger partial charge in [0.25, 0.3) is 0 Å². The number of rotatable bonds is 5. The molecule has 4 aromatic rings. The van der Waals surface area contributed by atoms with E-state index in [1.54, 1.807) is 12.1 Å². The average Bonchev–Trinajstić information content (AvgIpc) is 3.17. The molecule has 0 bridgehead atoms. The Morgan fingerprint density at radius 2 is 1.59 bits per heavy atom. The van der Waals surface area contributed by atoms with Crippen LogP contribution in [0, 0.1) is 13.8 Å². The molecule has 0 aliphatic carbocycles. The van der Waals surface area contributed by atoms with E-state index in [4.69, 9.17) is 0 Å². The van der Waals surface area contributed by atoms with Crippen LogP contribution in [0.4, 0.5) is 11.5 Å². The Morgan fingerprint density at radius 3 is 2.28 bits per heavy atom. The normalized spacial score (nSPS) is 10.7. The van der Waals surface area contributed by atoms with Crippen LogP contribution in [0.2, 0.25) is 0 Å². The van der Waals surface area contributed by atoms with Crippen molar-refractivity contribution in [2.45, 2.75) is 13.8 Å². The average molecular weight is 382 g/mol. The number of benzene rings is 3. The van der Waals surface area contributed by atoms with Crippen LogP contribution in [0.15, 0.2) is 79.0 Å². The number of aromatic nitrogens is 2. The Bertz CT molecular complexity index is 1160. The molecule has 0 spiro atoms. The summed E-state index contributed by atoms with van der Waals surface area (Å²) in [6.45, 7) is 3.95. The number of carboxylic acids is 1. The fraction of sp³-hybridized carbons (Fsp3) is 0.0833. The second-order valence-corrected chi connectivity index (χ2v) is 6.92. The Hall–Kier alpha value is -3.86. The van der Waals surface area contributed by atoms with E-state index >= 15 is 0 Å². The minimum atomic E-state index is -1.17. The maximum absolute atomic E-state index is 11.5. The second kappa shape index (κ2) is 7.64. The van der Waals surface area contributed by atoms with Crippen molar-refractivity contribution in [3.05, 3.63) is 95.7 Å². The van der Waals surface area contributed by atoms with E-state index in [1.807, 2.05) is 85.4 Å². The number of hydrogen-bond donors (Lipinski definition) is 1. The number of hydrogen-bond acceptors (Lipinski definition) is 4. The van der Waals surface area contributed by atoms with Crippen LogP contribution < -0.4 is 10.4 Å². The van der Waals surface area contributed by atoms with Crippen molar-refractivity contribution >= 4 is 17.5 Å². The smallest absolute Gasteiger partial charge is 0.152 e. The minimum absolute atomic E-state index is 0.195. The molecule has 0 saturated carbocycles. The van der Waals surface area contributed by atoms with Gasteiger partial charge < -0.3 is 15.2 Å². The van der Waals surface area contributed by atoms with Gasteiger partial charge in [-0.05, 0) is 60.4 Å². The van der Waals surface area contributed by atoms with E-state index in [0.29, 0.717) is 5.56 Å². The van der Waals surface area contributed by atoms with E-state index in [0.717, 1.165) is 33.9 Å². The molecule has 0 aliphatic rings. The molecule has 3 aromatic carbocycles. The monoisotopic (exact) mass is 382 g/mol. The molecule has 5 heteroatoms. The van der Waals surface area contributed by atoms with Crippen LogP contribution in [0.3, 0.4) is 0 Å². The van der Waals surface area contributed by atoms with Crippen molar-refractivity contribution in [2.24, 2.45) is 0 Å². The van der Waals surface area contributed by atoms with Crippen LogP contribution in [0.25, 0.3) is 16.8 Å². The first kappa shape index (κ1) is 18.5. The van der Waals surface area contributed by atoms with Crippen LogP contribution in [-0.2, 0) is 0 Å². The number of nitrogens with one attached hydrogen (secondary N) is 1. The maximum atomic E-state index is 11.5. The summed E-state index contributed by atoms with van der Waals surface area (Å²) in [4.78, 5) is 11.5. The number of carboxylic acid groups (broad SMARTS) is 1. The first-order chi connectivity index (χ1) is 14.0. The van der Waals surface area contributed by atoms with Crippen molar-refractivity contribution in [1.82, 2.24) is 9.78 Å². The van der Waals surface area contributed by atoms with Gasteiger partial charge in [-0.2, -0.15) is 5.10 Å². The Balaban J connectivity index is 1.65. The zero-order valence-corrected chi connectivity index (χ0v) is 16.2. The molecular formula is C24H20N3O2-. The molecule has 1 heterocycles. The van der Waals surface area contributed by atoms with Crippen molar-refractivity contribution in [3.63, 3.8) is 0 Å². The Kier molecular flexibility index (Phi) is 4.87. The molecule has 0 amide bonds. The van der Waals surface area contributed by atoms with Gasteiger partial charge in [0.05, 0.1) is 11.7 Å². The summed E-state index contributed by atoms with van der Waals surface area (Å²) in [5.41, 5.74) is 5.61. The van der Waals surface area contributed by atoms with Gasteiger partial charge in [-0.3, -0.25) is 0 Å². The van der Waals surface area contributed by atoms with Gasteiger partial charge in [-0.1, -0.05) is 42.5 Å². The van der Waals surface area contributed by atoms with Gasteiger partial charge in [-0.15, -0.1) is 0 Å². The molecule has 0 fully saturated rings. The molecule has 1 N–H and O–H groups in total. The standard InChI is InChI=1S/C24H21N3O2/c1-16-14-18(25-22-12-13-27(26-22)19-8-4-3-5-9-19)15-17(2)23(16)20-10-6-7-11-21(20)24(28)29/h3-15H,1-2H3,(H,25,26)(H,28,29)/p-1. The third kappa shape index (κ3) is 3.75. The van der Waals surface area contributed by atoms with E-state index in [9.17, 15) is 9.90 Å². The predicted molar refractivity (Wildman–Crippen MR) is 113 cm³/mol. The lowest BCUT2D eigenvalue weighted by molar-refractivity contribution is -0.254. The van der Waals surface area contributed by atoms with Gasteiger partial charge in [-0.25, -0.2) is 4.68 Å². The summed E-state index contributed by atoms with van der Waals surface area (Å²) < 4.78 is 1.81. The Labute approximate surface area is 169 Å². The summed E-state index contributed by atoms with van der Waals surface area (Å²) >= 11 is 0. The highest BCUT2D eigenvalue weighted by Gasteiger charge is 2.12. The first-order valence-corrected chi connectivity index (χ1v) is 9.33. The van der Waals surface area contributed by atoms with Gasteiger partial charge >= 0.3 is 0 Å². The molecule has 0 atom stereocenters. The summed E-state index contributed by atoms with van der Waals surface area (Å²) in [7, 11) is 0. The number of aromatic carboxylic acids is 1. The van der Waals surface area contributed by atoms with E-state index in [1.165, 1.54) is 0 Å².